The predicted octanol–water partition coefficient (Wildman–Crippen LogP) is 2.48. The zero-order valence-electron chi connectivity index (χ0n) is 8.57. The van der Waals surface area contributed by atoms with Crippen LogP contribution in [-0.4, -0.2) is 13.1 Å². The molecule has 0 spiro atoms. The molecular formula is C11H10F2O3. The normalized spacial score (nSPS) is 9.44. The molecule has 0 N–H and O–H groups in total. The minimum Gasteiger partial charge on any atom is -0.478 e. The van der Waals surface area contributed by atoms with Gasteiger partial charge in [-0.05, 0) is 5.56 Å². The second-order valence-electron chi connectivity index (χ2n) is 2.86. The van der Waals surface area contributed by atoms with Gasteiger partial charge in [0.05, 0.1) is 7.11 Å². The average molecular weight is 228 g/mol. The summed E-state index contributed by atoms with van der Waals surface area (Å²) in [5, 5.41) is 0. The number of esters is 1. The predicted molar refractivity (Wildman–Crippen MR) is 52.5 cm³/mol. The maximum absolute atomic E-state index is 12.3. The lowest BCUT2D eigenvalue weighted by Gasteiger charge is -2.07. The zero-order valence-corrected chi connectivity index (χ0v) is 8.57. The molecule has 0 saturated heterocycles. The highest BCUT2D eigenvalue weighted by Gasteiger charge is 2.18. The molecule has 0 aliphatic rings. The van der Waals surface area contributed by atoms with Crippen LogP contribution >= 0.6 is 0 Å². The third-order valence-electron chi connectivity index (χ3n) is 1.77. The van der Waals surface area contributed by atoms with E-state index in [4.69, 9.17) is 4.74 Å². The molecule has 16 heavy (non-hydrogen) atoms. The van der Waals surface area contributed by atoms with Crippen LogP contribution in [0.5, 0.6) is 0 Å². The van der Waals surface area contributed by atoms with E-state index in [2.05, 4.69) is 4.74 Å². The van der Waals surface area contributed by atoms with Crippen LogP contribution < -0.4 is 0 Å². The molecular weight excluding hydrogens is 218 g/mol. The van der Waals surface area contributed by atoms with E-state index in [1.54, 1.807) is 30.3 Å². The minimum atomic E-state index is -2.19. The van der Waals surface area contributed by atoms with Gasteiger partial charge in [0, 0.05) is 0 Å². The highest BCUT2D eigenvalue weighted by molar-refractivity contribution is 5.86. The summed E-state index contributed by atoms with van der Waals surface area (Å²) in [6.07, 6.45) is -2.19. The van der Waals surface area contributed by atoms with E-state index in [0.29, 0.717) is 5.56 Å². The molecule has 5 heteroatoms. The van der Waals surface area contributed by atoms with Gasteiger partial charge in [0.15, 0.2) is 0 Å². The van der Waals surface area contributed by atoms with Gasteiger partial charge in [-0.2, -0.15) is 8.78 Å². The number of methoxy groups -OCH3 is 1. The van der Waals surface area contributed by atoms with Crippen molar-refractivity contribution in [2.45, 2.75) is 6.61 Å². The highest BCUT2D eigenvalue weighted by atomic mass is 19.3. The first-order valence-electron chi connectivity index (χ1n) is 4.45. The van der Waals surface area contributed by atoms with Crippen LogP contribution in [0, 0.1) is 0 Å². The molecule has 1 rings (SSSR count). The first-order chi connectivity index (χ1) is 7.65. The first-order valence-corrected chi connectivity index (χ1v) is 4.45. The molecule has 0 aliphatic carbocycles. The topological polar surface area (TPSA) is 35.5 Å². The summed E-state index contributed by atoms with van der Waals surface area (Å²) >= 11 is 0. The minimum absolute atomic E-state index is 0.109. The van der Waals surface area contributed by atoms with E-state index >= 15 is 0 Å². The number of hydrogen-bond donors (Lipinski definition) is 0. The Kier molecular flexibility index (Phi) is 4.44. The molecule has 0 aliphatic heterocycles. The third kappa shape index (κ3) is 3.34. The van der Waals surface area contributed by atoms with E-state index < -0.39 is 17.8 Å². The molecule has 0 saturated carbocycles. The Bertz CT molecular complexity index is 383. The Hall–Kier alpha value is -1.91. The largest absolute Gasteiger partial charge is 0.478 e. The highest BCUT2D eigenvalue weighted by Crippen LogP contribution is 2.13. The van der Waals surface area contributed by atoms with E-state index in [1.807, 2.05) is 0 Å². The van der Waals surface area contributed by atoms with E-state index in [0.717, 1.165) is 7.11 Å². The molecule has 0 atom stereocenters. The summed E-state index contributed by atoms with van der Waals surface area (Å²) in [5.41, 5.74) is 0.685. The first kappa shape index (κ1) is 12.2. The summed E-state index contributed by atoms with van der Waals surface area (Å²) < 4.78 is 33.4. The second-order valence-corrected chi connectivity index (χ2v) is 2.86. The van der Waals surface area contributed by atoms with E-state index in [1.165, 1.54) is 0 Å². The number of carbonyl (C=O) groups is 1. The van der Waals surface area contributed by atoms with Crippen molar-refractivity contribution >= 4 is 5.97 Å². The molecule has 0 radical (unpaired) electrons. The molecule has 0 fully saturated rings. The fraction of sp³-hybridized carbons (Fsp3) is 0.182. The maximum Gasteiger partial charge on any atom is 0.379 e. The van der Waals surface area contributed by atoms with Crippen LogP contribution in [0.15, 0.2) is 42.2 Å². The molecule has 86 valence electrons. The number of hydrogen-bond acceptors (Lipinski definition) is 3. The molecule has 0 bridgehead atoms. The van der Waals surface area contributed by atoms with Crippen LogP contribution in [0.1, 0.15) is 5.56 Å². The Morgan fingerprint density at radius 1 is 1.25 bits per heavy atom. The molecule has 0 heterocycles. The lowest BCUT2D eigenvalue weighted by atomic mass is 10.2. The maximum atomic E-state index is 12.3. The Labute approximate surface area is 91.3 Å². The summed E-state index contributed by atoms with van der Waals surface area (Å²) in [6.45, 7) is -0.109. The van der Waals surface area contributed by atoms with Crippen molar-refractivity contribution in [2.75, 3.05) is 7.11 Å². The van der Waals surface area contributed by atoms with Crippen molar-refractivity contribution in [3.63, 3.8) is 0 Å². The SMILES string of the molecule is COC(=O)C(OCc1ccccc1)=C(F)F. The van der Waals surface area contributed by atoms with Crippen molar-refractivity contribution in [3.05, 3.63) is 47.7 Å². The standard InChI is InChI=1S/C11H10F2O3/c1-15-11(14)9(10(12)13)16-7-8-5-3-2-4-6-8/h2-6H,7H2,1H3. The Morgan fingerprint density at radius 3 is 2.38 bits per heavy atom. The second kappa shape index (κ2) is 5.85. The van der Waals surface area contributed by atoms with E-state index in [9.17, 15) is 13.6 Å². The summed E-state index contributed by atoms with van der Waals surface area (Å²) in [5.74, 6) is -2.23. The zero-order chi connectivity index (χ0) is 12.0. The van der Waals surface area contributed by atoms with Crippen LogP contribution in [0.25, 0.3) is 0 Å². The number of ether oxygens (including phenoxy) is 2. The van der Waals surface area contributed by atoms with Gasteiger partial charge in [-0.1, -0.05) is 30.3 Å². The van der Waals surface area contributed by atoms with Crippen molar-refractivity contribution in [1.82, 2.24) is 0 Å². The van der Waals surface area contributed by atoms with Gasteiger partial charge in [-0.25, -0.2) is 4.79 Å². The van der Waals surface area contributed by atoms with Gasteiger partial charge in [-0.15, -0.1) is 0 Å². The lowest BCUT2D eigenvalue weighted by Crippen LogP contribution is -2.09. The van der Waals surface area contributed by atoms with Crippen molar-refractivity contribution < 1.29 is 23.0 Å². The number of halogens is 2. The Balaban J connectivity index is 2.66. The molecule has 0 unspecified atom stereocenters. The fourth-order valence-corrected chi connectivity index (χ4v) is 1.01. The molecule has 0 amide bonds. The smallest absolute Gasteiger partial charge is 0.379 e. The summed E-state index contributed by atoms with van der Waals surface area (Å²) in [4.78, 5) is 10.9. The molecule has 3 nitrogen and oxygen atoms in total. The van der Waals surface area contributed by atoms with Gasteiger partial charge in [0.2, 0.25) is 0 Å². The quantitative estimate of drug-likeness (QED) is 0.451. The van der Waals surface area contributed by atoms with Gasteiger partial charge in [0.1, 0.15) is 6.61 Å². The van der Waals surface area contributed by atoms with Gasteiger partial charge < -0.3 is 9.47 Å². The van der Waals surface area contributed by atoms with Crippen LogP contribution in [0.3, 0.4) is 0 Å². The van der Waals surface area contributed by atoms with Crippen molar-refractivity contribution in [3.8, 4) is 0 Å². The molecule has 0 aromatic heterocycles. The van der Waals surface area contributed by atoms with E-state index in [-0.39, 0.29) is 6.61 Å². The lowest BCUT2D eigenvalue weighted by molar-refractivity contribution is -0.141. The third-order valence-corrected chi connectivity index (χ3v) is 1.77. The summed E-state index contributed by atoms with van der Waals surface area (Å²) in [6, 6.07) is 8.67. The van der Waals surface area contributed by atoms with Crippen LogP contribution in [-0.2, 0) is 20.9 Å². The average Bonchev–Trinajstić information content (AvgIpc) is 2.30. The number of benzene rings is 1. The van der Waals surface area contributed by atoms with Gasteiger partial charge in [-0.3, -0.25) is 0 Å². The van der Waals surface area contributed by atoms with Gasteiger partial charge in [0.25, 0.3) is 5.76 Å². The number of carbonyl (C=O) groups excluding carboxylic acids is 1. The van der Waals surface area contributed by atoms with Crippen LogP contribution in [0.2, 0.25) is 0 Å². The van der Waals surface area contributed by atoms with Crippen LogP contribution in [0.4, 0.5) is 8.78 Å². The number of rotatable bonds is 4. The summed E-state index contributed by atoms with van der Waals surface area (Å²) in [7, 11) is 1.01. The Morgan fingerprint density at radius 2 is 1.88 bits per heavy atom. The fourth-order valence-electron chi connectivity index (χ4n) is 1.01. The van der Waals surface area contributed by atoms with Gasteiger partial charge >= 0.3 is 12.0 Å². The molecule has 1 aromatic rings. The van der Waals surface area contributed by atoms with Crippen molar-refractivity contribution in [2.24, 2.45) is 0 Å². The molecule has 1 aromatic carbocycles. The monoisotopic (exact) mass is 228 g/mol. The van der Waals surface area contributed by atoms with Crippen molar-refractivity contribution in [1.29, 1.82) is 0 Å².